The zero-order chi connectivity index (χ0) is 15.9. The van der Waals surface area contributed by atoms with Gasteiger partial charge in [0.1, 0.15) is 10.8 Å². The Morgan fingerprint density at radius 2 is 2.09 bits per heavy atom. The molecule has 0 saturated carbocycles. The van der Waals surface area contributed by atoms with E-state index in [2.05, 4.69) is 15.6 Å². The number of aromatic nitrogens is 1. The first-order valence-electron chi connectivity index (χ1n) is 6.83. The average molecular weight is 321 g/mol. The van der Waals surface area contributed by atoms with Crippen LogP contribution in [0.2, 0.25) is 0 Å². The van der Waals surface area contributed by atoms with Gasteiger partial charge < -0.3 is 20.5 Å². The van der Waals surface area contributed by atoms with Gasteiger partial charge in [-0.3, -0.25) is 0 Å². The molecule has 0 saturated heterocycles. The highest BCUT2D eigenvalue weighted by molar-refractivity contribution is 7.09. The largest absolute Gasteiger partial charge is 0.497 e. The standard InChI is InChI=1S/C15H19N3O3S/c1-10-9-22-14(18-10)8-17-15(20)16-7-13(19)11-3-5-12(21-2)6-4-11/h3-6,9,13,19H,7-8H2,1-2H3,(H2,16,17,20)/t13-/m0/s1. The van der Waals surface area contributed by atoms with Crippen molar-refractivity contribution in [2.24, 2.45) is 0 Å². The second-order valence-electron chi connectivity index (χ2n) is 4.74. The molecule has 7 heteroatoms. The Kier molecular flexibility index (Phi) is 5.74. The molecule has 0 aliphatic heterocycles. The number of methoxy groups -OCH3 is 1. The summed E-state index contributed by atoms with van der Waals surface area (Å²) in [6.07, 6.45) is -0.765. The fourth-order valence-corrected chi connectivity index (χ4v) is 2.55. The number of hydrogen-bond donors (Lipinski definition) is 3. The van der Waals surface area contributed by atoms with Crippen molar-refractivity contribution in [3.8, 4) is 5.75 Å². The summed E-state index contributed by atoms with van der Waals surface area (Å²) in [5.41, 5.74) is 1.66. The van der Waals surface area contributed by atoms with E-state index in [0.717, 1.165) is 22.0 Å². The number of rotatable bonds is 6. The second-order valence-corrected chi connectivity index (χ2v) is 5.68. The van der Waals surface area contributed by atoms with Crippen LogP contribution in [0, 0.1) is 6.92 Å². The number of nitrogens with zero attached hydrogens (tertiary/aromatic N) is 1. The first kappa shape index (κ1) is 16.3. The Morgan fingerprint density at radius 3 is 2.68 bits per heavy atom. The molecule has 0 aliphatic carbocycles. The summed E-state index contributed by atoms with van der Waals surface area (Å²) in [4.78, 5) is 15.9. The van der Waals surface area contributed by atoms with Crippen LogP contribution >= 0.6 is 11.3 Å². The van der Waals surface area contributed by atoms with Gasteiger partial charge in [-0.05, 0) is 24.6 Å². The lowest BCUT2D eigenvalue weighted by atomic mass is 10.1. The molecule has 1 aromatic heterocycles. The van der Waals surface area contributed by atoms with Crippen molar-refractivity contribution >= 4 is 17.4 Å². The van der Waals surface area contributed by atoms with E-state index in [4.69, 9.17) is 4.74 Å². The Balaban J connectivity index is 1.74. The molecular formula is C15H19N3O3S. The van der Waals surface area contributed by atoms with E-state index >= 15 is 0 Å². The first-order chi connectivity index (χ1) is 10.6. The van der Waals surface area contributed by atoms with Gasteiger partial charge in [-0.15, -0.1) is 11.3 Å². The molecule has 1 heterocycles. The van der Waals surface area contributed by atoms with Crippen molar-refractivity contribution in [1.29, 1.82) is 0 Å². The van der Waals surface area contributed by atoms with Crippen LogP contribution in [0.1, 0.15) is 22.4 Å². The summed E-state index contributed by atoms with van der Waals surface area (Å²) < 4.78 is 5.06. The molecular weight excluding hydrogens is 302 g/mol. The molecule has 2 rings (SSSR count). The molecule has 0 fully saturated rings. The van der Waals surface area contributed by atoms with Crippen molar-refractivity contribution in [3.05, 3.63) is 45.9 Å². The van der Waals surface area contributed by atoms with E-state index in [-0.39, 0.29) is 12.6 Å². The van der Waals surface area contributed by atoms with Gasteiger partial charge >= 0.3 is 6.03 Å². The molecule has 1 atom stereocenters. The third kappa shape index (κ3) is 4.71. The van der Waals surface area contributed by atoms with Crippen LogP contribution in [0.3, 0.4) is 0 Å². The van der Waals surface area contributed by atoms with E-state index in [0.29, 0.717) is 6.54 Å². The summed E-state index contributed by atoms with van der Waals surface area (Å²) in [5.74, 6) is 0.723. The molecule has 2 amide bonds. The number of nitrogens with one attached hydrogen (secondary N) is 2. The monoisotopic (exact) mass is 321 g/mol. The number of benzene rings is 1. The number of urea groups is 1. The predicted octanol–water partition coefficient (Wildman–Crippen LogP) is 1.99. The molecule has 0 bridgehead atoms. The number of carbonyl (C=O) groups is 1. The molecule has 0 unspecified atom stereocenters. The van der Waals surface area contributed by atoms with Crippen LogP contribution in [0.15, 0.2) is 29.6 Å². The van der Waals surface area contributed by atoms with Crippen molar-refractivity contribution < 1.29 is 14.6 Å². The van der Waals surface area contributed by atoms with Crippen molar-refractivity contribution in [2.75, 3.05) is 13.7 Å². The maximum Gasteiger partial charge on any atom is 0.315 e. The lowest BCUT2D eigenvalue weighted by molar-refractivity contribution is 0.173. The van der Waals surface area contributed by atoms with Gasteiger partial charge in [0.05, 0.1) is 19.8 Å². The second kappa shape index (κ2) is 7.77. The van der Waals surface area contributed by atoms with E-state index in [1.807, 2.05) is 12.3 Å². The number of aliphatic hydroxyl groups is 1. The van der Waals surface area contributed by atoms with Gasteiger partial charge in [0, 0.05) is 17.6 Å². The zero-order valence-electron chi connectivity index (χ0n) is 12.5. The first-order valence-corrected chi connectivity index (χ1v) is 7.71. The van der Waals surface area contributed by atoms with Crippen molar-refractivity contribution in [3.63, 3.8) is 0 Å². The number of thiazole rings is 1. The normalized spacial score (nSPS) is 11.8. The minimum absolute atomic E-state index is 0.134. The lowest BCUT2D eigenvalue weighted by Gasteiger charge is -2.13. The number of ether oxygens (including phenoxy) is 1. The molecule has 1 aromatic carbocycles. The predicted molar refractivity (Wildman–Crippen MR) is 85.0 cm³/mol. The fourth-order valence-electron chi connectivity index (χ4n) is 1.84. The van der Waals surface area contributed by atoms with Gasteiger partial charge in [-0.2, -0.15) is 0 Å². The molecule has 0 spiro atoms. The lowest BCUT2D eigenvalue weighted by Crippen LogP contribution is -2.37. The summed E-state index contributed by atoms with van der Waals surface area (Å²) in [6, 6.07) is 6.73. The van der Waals surface area contributed by atoms with Crippen LogP contribution in [-0.4, -0.2) is 29.8 Å². The number of hydrogen-bond acceptors (Lipinski definition) is 5. The van der Waals surface area contributed by atoms with Gasteiger partial charge in [0.25, 0.3) is 0 Å². The van der Waals surface area contributed by atoms with Gasteiger partial charge in [0.2, 0.25) is 0 Å². The van der Waals surface area contributed by atoms with Gasteiger partial charge in [0.15, 0.2) is 0 Å². The van der Waals surface area contributed by atoms with E-state index in [1.165, 1.54) is 11.3 Å². The molecule has 3 N–H and O–H groups in total. The highest BCUT2D eigenvalue weighted by Crippen LogP contribution is 2.16. The number of carbonyl (C=O) groups excluding carboxylic acids is 1. The molecule has 6 nitrogen and oxygen atoms in total. The third-order valence-electron chi connectivity index (χ3n) is 3.02. The van der Waals surface area contributed by atoms with Crippen LogP contribution in [-0.2, 0) is 6.54 Å². The summed E-state index contributed by atoms with van der Waals surface area (Å²) in [7, 11) is 1.58. The topological polar surface area (TPSA) is 83.5 Å². The maximum absolute atomic E-state index is 11.7. The van der Waals surface area contributed by atoms with E-state index in [9.17, 15) is 9.90 Å². The summed E-state index contributed by atoms with van der Waals surface area (Å²) >= 11 is 1.50. The molecule has 0 radical (unpaired) electrons. The van der Waals surface area contributed by atoms with Crippen LogP contribution in [0.5, 0.6) is 5.75 Å². The maximum atomic E-state index is 11.7. The molecule has 0 aliphatic rings. The Morgan fingerprint density at radius 1 is 1.36 bits per heavy atom. The zero-order valence-corrected chi connectivity index (χ0v) is 13.3. The Bertz CT molecular complexity index is 613. The number of aliphatic hydroxyl groups excluding tert-OH is 1. The smallest absolute Gasteiger partial charge is 0.315 e. The Labute approximate surface area is 133 Å². The van der Waals surface area contributed by atoms with E-state index < -0.39 is 6.10 Å². The minimum atomic E-state index is -0.765. The van der Waals surface area contributed by atoms with Crippen molar-refractivity contribution in [1.82, 2.24) is 15.6 Å². The molecule has 2 aromatic rings. The quantitative estimate of drug-likeness (QED) is 0.760. The van der Waals surface area contributed by atoms with Crippen LogP contribution < -0.4 is 15.4 Å². The third-order valence-corrected chi connectivity index (χ3v) is 3.99. The highest BCUT2D eigenvalue weighted by atomic mass is 32.1. The number of aryl methyl sites for hydroxylation is 1. The Hall–Kier alpha value is -2.12. The minimum Gasteiger partial charge on any atom is -0.497 e. The summed E-state index contributed by atoms with van der Waals surface area (Å²) in [5, 5.41) is 18.1. The number of amides is 2. The fraction of sp³-hybridized carbons (Fsp3) is 0.333. The van der Waals surface area contributed by atoms with E-state index in [1.54, 1.807) is 31.4 Å². The SMILES string of the molecule is COc1ccc([C@@H](O)CNC(=O)NCc2nc(C)cs2)cc1. The van der Waals surface area contributed by atoms with Crippen LogP contribution in [0.4, 0.5) is 4.79 Å². The summed E-state index contributed by atoms with van der Waals surface area (Å²) in [6.45, 7) is 2.42. The van der Waals surface area contributed by atoms with Crippen LogP contribution in [0.25, 0.3) is 0 Å². The van der Waals surface area contributed by atoms with Crippen molar-refractivity contribution in [2.45, 2.75) is 19.6 Å². The highest BCUT2D eigenvalue weighted by Gasteiger charge is 2.10. The molecule has 118 valence electrons. The molecule has 22 heavy (non-hydrogen) atoms. The van der Waals surface area contributed by atoms with Gasteiger partial charge in [-0.1, -0.05) is 12.1 Å². The average Bonchev–Trinajstić information content (AvgIpc) is 2.96. The van der Waals surface area contributed by atoms with Gasteiger partial charge in [-0.25, -0.2) is 9.78 Å².